The zero-order chi connectivity index (χ0) is 18.4. The topological polar surface area (TPSA) is 68.2 Å². The van der Waals surface area contributed by atoms with Gasteiger partial charge in [-0.1, -0.05) is 0 Å². The Kier molecular flexibility index (Phi) is 7.07. The minimum atomic E-state index is -0.485. The molecule has 2 aliphatic rings. The van der Waals surface area contributed by atoms with Gasteiger partial charge in [-0.2, -0.15) is 11.3 Å². The van der Waals surface area contributed by atoms with Crippen molar-refractivity contribution >= 4 is 17.2 Å². The van der Waals surface area contributed by atoms with Gasteiger partial charge in [-0.3, -0.25) is 4.79 Å². The number of thiophene rings is 1. The van der Waals surface area contributed by atoms with Gasteiger partial charge in [-0.25, -0.2) is 0 Å². The molecular weight excluding hydrogens is 354 g/mol. The van der Waals surface area contributed by atoms with Crippen LogP contribution in [0.1, 0.15) is 31.2 Å². The van der Waals surface area contributed by atoms with Crippen LogP contribution in [0.25, 0.3) is 0 Å². The molecule has 3 heterocycles. The van der Waals surface area contributed by atoms with E-state index in [9.17, 15) is 9.90 Å². The molecule has 1 N–H and O–H groups in total. The van der Waals surface area contributed by atoms with Crippen LogP contribution in [0.5, 0.6) is 0 Å². The summed E-state index contributed by atoms with van der Waals surface area (Å²) in [4.78, 5) is 14.7. The SMILES string of the molecule is CCO[C@@H]1OC(C(=O)N2CCOCC2)=C[C@H](c2ccsc2)[C@H]1CCCO. The van der Waals surface area contributed by atoms with Gasteiger partial charge in [0.25, 0.3) is 5.91 Å². The van der Waals surface area contributed by atoms with E-state index in [1.54, 1.807) is 16.2 Å². The van der Waals surface area contributed by atoms with Gasteiger partial charge in [-0.05, 0) is 48.2 Å². The summed E-state index contributed by atoms with van der Waals surface area (Å²) in [6.07, 6.45) is 2.91. The molecule has 1 saturated heterocycles. The van der Waals surface area contributed by atoms with E-state index < -0.39 is 6.29 Å². The number of aliphatic hydroxyl groups excluding tert-OH is 1. The van der Waals surface area contributed by atoms with Crippen molar-refractivity contribution in [1.82, 2.24) is 4.90 Å². The lowest BCUT2D eigenvalue weighted by Crippen LogP contribution is -2.44. The number of amides is 1. The van der Waals surface area contributed by atoms with E-state index in [2.05, 4.69) is 11.4 Å². The zero-order valence-corrected chi connectivity index (χ0v) is 16.0. The second-order valence-corrected chi connectivity index (χ2v) is 7.27. The Balaban J connectivity index is 1.87. The van der Waals surface area contributed by atoms with E-state index in [1.807, 2.05) is 18.4 Å². The van der Waals surface area contributed by atoms with Gasteiger partial charge >= 0.3 is 0 Å². The number of ether oxygens (including phenoxy) is 3. The Hall–Kier alpha value is -1.41. The molecule has 2 aliphatic heterocycles. The highest BCUT2D eigenvalue weighted by atomic mass is 32.1. The van der Waals surface area contributed by atoms with E-state index in [0.717, 1.165) is 6.42 Å². The fourth-order valence-corrected chi connectivity index (χ4v) is 4.23. The van der Waals surface area contributed by atoms with Crippen molar-refractivity contribution in [3.05, 3.63) is 34.2 Å². The second-order valence-electron chi connectivity index (χ2n) is 6.49. The maximum absolute atomic E-state index is 12.9. The smallest absolute Gasteiger partial charge is 0.288 e. The second kappa shape index (κ2) is 9.50. The molecule has 1 amide bonds. The normalized spacial score (nSPS) is 26.3. The summed E-state index contributed by atoms with van der Waals surface area (Å²) >= 11 is 1.64. The predicted molar refractivity (Wildman–Crippen MR) is 98.9 cm³/mol. The standard InChI is InChI=1S/C19H27NO5S/c1-2-24-19-15(4-3-8-21)16(14-5-11-26-13-14)12-17(25-19)18(22)20-6-9-23-10-7-20/h5,11-13,15-16,19,21H,2-4,6-10H2,1H3/t15-,16-,19-/m1/s1. The number of aliphatic hydroxyl groups is 1. The highest BCUT2D eigenvalue weighted by Crippen LogP contribution is 2.40. The van der Waals surface area contributed by atoms with Crippen LogP contribution in [0.15, 0.2) is 28.7 Å². The third-order valence-corrected chi connectivity index (χ3v) is 5.55. The molecule has 1 fully saturated rings. The Morgan fingerprint density at radius 3 is 2.88 bits per heavy atom. The van der Waals surface area contributed by atoms with Crippen molar-refractivity contribution < 1.29 is 24.1 Å². The Bertz CT molecular complexity index is 597. The lowest BCUT2D eigenvalue weighted by molar-refractivity contribution is -0.171. The molecule has 1 aromatic rings. The van der Waals surface area contributed by atoms with Crippen LogP contribution in [0, 0.1) is 5.92 Å². The highest BCUT2D eigenvalue weighted by Gasteiger charge is 2.39. The van der Waals surface area contributed by atoms with Gasteiger partial charge in [0.15, 0.2) is 5.76 Å². The van der Waals surface area contributed by atoms with Crippen molar-refractivity contribution in [2.45, 2.75) is 32.0 Å². The fraction of sp³-hybridized carbons (Fsp3) is 0.632. The number of allylic oxidation sites excluding steroid dienone is 1. The van der Waals surface area contributed by atoms with Gasteiger partial charge in [-0.15, -0.1) is 0 Å². The molecule has 0 aromatic carbocycles. The van der Waals surface area contributed by atoms with Crippen molar-refractivity contribution in [2.75, 3.05) is 39.5 Å². The molecule has 0 spiro atoms. The molecule has 3 atom stereocenters. The van der Waals surface area contributed by atoms with Gasteiger partial charge in [0.2, 0.25) is 6.29 Å². The van der Waals surface area contributed by atoms with E-state index in [1.165, 1.54) is 5.56 Å². The number of rotatable bonds is 7. The first-order chi connectivity index (χ1) is 12.7. The predicted octanol–water partition coefficient (Wildman–Crippen LogP) is 2.36. The molecule has 26 heavy (non-hydrogen) atoms. The van der Waals surface area contributed by atoms with Crippen molar-refractivity contribution in [3.63, 3.8) is 0 Å². The Labute approximate surface area is 158 Å². The van der Waals surface area contributed by atoms with Crippen molar-refractivity contribution in [1.29, 1.82) is 0 Å². The van der Waals surface area contributed by atoms with E-state index in [0.29, 0.717) is 45.1 Å². The van der Waals surface area contributed by atoms with Crippen LogP contribution >= 0.6 is 11.3 Å². The van der Waals surface area contributed by atoms with Gasteiger partial charge in [0.05, 0.1) is 13.2 Å². The third kappa shape index (κ3) is 4.46. The quantitative estimate of drug-likeness (QED) is 0.785. The van der Waals surface area contributed by atoms with Crippen molar-refractivity contribution in [3.8, 4) is 0 Å². The van der Waals surface area contributed by atoms with Gasteiger partial charge in [0.1, 0.15) is 0 Å². The summed E-state index contributed by atoms with van der Waals surface area (Å²) in [6.45, 7) is 4.84. The van der Waals surface area contributed by atoms with E-state index in [-0.39, 0.29) is 24.3 Å². The molecule has 0 radical (unpaired) electrons. The average Bonchev–Trinajstić information content (AvgIpc) is 3.21. The number of hydrogen-bond acceptors (Lipinski definition) is 6. The lowest BCUT2D eigenvalue weighted by atomic mass is 9.81. The Morgan fingerprint density at radius 1 is 1.42 bits per heavy atom. The first-order valence-corrected chi connectivity index (χ1v) is 10.2. The molecule has 0 saturated carbocycles. The summed E-state index contributed by atoms with van der Waals surface area (Å²) in [5.74, 6) is 0.372. The van der Waals surface area contributed by atoms with Crippen LogP contribution in [0.2, 0.25) is 0 Å². The van der Waals surface area contributed by atoms with Gasteiger partial charge < -0.3 is 24.2 Å². The van der Waals surface area contributed by atoms with E-state index in [4.69, 9.17) is 14.2 Å². The van der Waals surface area contributed by atoms with Crippen LogP contribution < -0.4 is 0 Å². The maximum Gasteiger partial charge on any atom is 0.288 e. The number of morpholine rings is 1. The van der Waals surface area contributed by atoms with Crippen LogP contribution in [-0.4, -0.2) is 61.7 Å². The lowest BCUT2D eigenvalue weighted by Gasteiger charge is -2.38. The highest BCUT2D eigenvalue weighted by molar-refractivity contribution is 7.08. The summed E-state index contributed by atoms with van der Waals surface area (Å²) in [5.41, 5.74) is 1.17. The molecule has 6 nitrogen and oxygen atoms in total. The van der Waals surface area contributed by atoms with Crippen molar-refractivity contribution in [2.24, 2.45) is 5.92 Å². The molecule has 7 heteroatoms. The van der Waals surface area contributed by atoms with Crippen LogP contribution in [-0.2, 0) is 19.0 Å². The minimum Gasteiger partial charge on any atom is -0.459 e. The summed E-state index contributed by atoms with van der Waals surface area (Å²) in [6, 6.07) is 2.09. The molecule has 144 valence electrons. The molecule has 1 aromatic heterocycles. The first kappa shape index (κ1) is 19.4. The third-order valence-electron chi connectivity index (χ3n) is 4.85. The fourth-order valence-electron chi connectivity index (χ4n) is 3.52. The van der Waals surface area contributed by atoms with E-state index >= 15 is 0 Å². The number of carbonyl (C=O) groups is 1. The minimum absolute atomic E-state index is 0.0399. The Morgan fingerprint density at radius 2 is 2.23 bits per heavy atom. The molecule has 0 aliphatic carbocycles. The maximum atomic E-state index is 12.9. The van der Waals surface area contributed by atoms with Crippen LogP contribution in [0.4, 0.5) is 0 Å². The largest absolute Gasteiger partial charge is 0.459 e. The zero-order valence-electron chi connectivity index (χ0n) is 15.1. The van der Waals surface area contributed by atoms with Gasteiger partial charge in [0, 0.05) is 38.1 Å². The van der Waals surface area contributed by atoms with Crippen LogP contribution in [0.3, 0.4) is 0 Å². The molecule has 0 unspecified atom stereocenters. The number of nitrogens with zero attached hydrogens (tertiary/aromatic N) is 1. The summed E-state index contributed by atoms with van der Waals surface area (Å²) < 4.78 is 17.2. The monoisotopic (exact) mass is 381 g/mol. The molecular formula is C19H27NO5S. The average molecular weight is 381 g/mol. The molecule has 3 rings (SSSR count). The summed E-state index contributed by atoms with van der Waals surface area (Å²) in [5, 5.41) is 13.4. The first-order valence-electron chi connectivity index (χ1n) is 9.24. The number of hydrogen-bond donors (Lipinski definition) is 1. The summed E-state index contributed by atoms with van der Waals surface area (Å²) in [7, 11) is 0. The molecule has 0 bridgehead atoms. The number of carbonyl (C=O) groups excluding carboxylic acids is 1.